The first-order valence-corrected chi connectivity index (χ1v) is 11.4. The summed E-state index contributed by atoms with van der Waals surface area (Å²) in [5, 5.41) is 14.4. The van der Waals surface area contributed by atoms with Crippen LogP contribution in [0.3, 0.4) is 0 Å². The molecule has 9 heteroatoms. The van der Waals surface area contributed by atoms with E-state index in [1.165, 1.54) is 12.1 Å². The topological polar surface area (TPSA) is 108 Å². The van der Waals surface area contributed by atoms with Gasteiger partial charge in [0.15, 0.2) is 0 Å². The Morgan fingerprint density at radius 2 is 1.91 bits per heavy atom. The maximum atomic E-state index is 13.7. The zero-order valence-electron chi connectivity index (χ0n) is 18.9. The van der Waals surface area contributed by atoms with Crippen molar-refractivity contribution in [2.24, 2.45) is 11.8 Å². The fraction of sp³-hybridized carbons (Fsp3) is 0.400. The quantitative estimate of drug-likeness (QED) is 0.580. The third-order valence-electron chi connectivity index (χ3n) is 6.65. The molecule has 180 valence electrons. The largest absolute Gasteiger partial charge is 0.481 e. The number of anilines is 2. The van der Waals surface area contributed by atoms with Crippen molar-refractivity contribution in [1.29, 1.82) is 0 Å². The van der Waals surface area contributed by atoms with Gasteiger partial charge in [-0.1, -0.05) is 25.1 Å². The minimum absolute atomic E-state index is 0.0267. The summed E-state index contributed by atoms with van der Waals surface area (Å²) >= 11 is 0. The number of carbonyl (C=O) groups excluding carboxylic acids is 2. The average Bonchev–Trinajstić information content (AvgIpc) is 3.28. The Morgan fingerprint density at radius 1 is 1.12 bits per heavy atom. The van der Waals surface area contributed by atoms with Crippen LogP contribution in [0.2, 0.25) is 0 Å². The molecule has 0 spiro atoms. The van der Waals surface area contributed by atoms with E-state index in [2.05, 4.69) is 10.6 Å². The van der Waals surface area contributed by atoms with E-state index < -0.39 is 23.7 Å². The number of halogens is 1. The number of nitrogens with one attached hydrogen (secondary N) is 2. The van der Waals surface area contributed by atoms with Crippen LogP contribution in [0.5, 0.6) is 0 Å². The normalized spacial score (nSPS) is 20.2. The van der Waals surface area contributed by atoms with E-state index in [4.69, 9.17) is 4.74 Å². The Hall–Kier alpha value is -3.62. The van der Waals surface area contributed by atoms with Crippen LogP contribution >= 0.6 is 0 Å². The van der Waals surface area contributed by atoms with Crippen LogP contribution in [-0.4, -0.2) is 40.7 Å². The Morgan fingerprint density at radius 3 is 2.68 bits per heavy atom. The molecule has 0 bridgehead atoms. The summed E-state index contributed by atoms with van der Waals surface area (Å²) in [7, 11) is 0. The van der Waals surface area contributed by atoms with Crippen LogP contribution in [0, 0.1) is 17.7 Å². The number of hydrogen-bond acceptors (Lipinski definition) is 4. The van der Waals surface area contributed by atoms with Crippen molar-refractivity contribution in [3.05, 3.63) is 59.4 Å². The molecular weight excluding hydrogens is 441 g/mol. The molecule has 3 amide bonds. The predicted molar refractivity (Wildman–Crippen MR) is 124 cm³/mol. The monoisotopic (exact) mass is 469 g/mol. The minimum atomic E-state index is -0.816. The van der Waals surface area contributed by atoms with Crippen molar-refractivity contribution in [2.45, 2.75) is 45.3 Å². The first-order valence-electron chi connectivity index (χ1n) is 11.4. The van der Waals surface area contributed by atoms with Gasteiger partial charge in [-0.2, -0.15) is 0 Å². The van der Waals surface area contributed by atoms with E-state index in [9.17, 15) is 23.9 Å². The molecule has 1 fully saturated rings. The zero-order chi connectivity index (χ0) is 24.2. The molecule has 4 rings (SSSR count). The zero-order valence-corrected chi connectivity index (χ0v) is 18.9. The van der Waals surface area contributed by atoms with Crippen molar-refractivity contribution < 1.29 is 28.6 Å². The number of benzene rings is 2. The second kappa shape index (κ2) is 10.1. The summed E-state index contributed by atoms with van der Waals surface area (Å²) in [6.07, 6.45) is 1.98. The molecule has 0 aromatic heterocycles. The van der Waals surface area contributed by atoms with Gasteiger partial charge in [0.25, 0.3) is 0 Å². The molecule has 34 heavy (non-hydrogen) atoms. The Labute approximate surface area is 197 Å². The number of fused-ring (bicyclic) bond motifs is 1. The van der Waals surface area contributed by atoms with E-state index in [0.717, 1.165) is 17.5 Å². The summed E-state index contributed by atoms with van der Waals surface area (Å²) < 4.78 is 19.4. The Kier molecular flexibility index (Phi) is 7.00. The Balaban J connectivity index is 1.30. The summed E-state index contributed by atoms with van der Waals surface area (Å²) in [5.41, 5.74) is 2.65. The second-order valence-corrected chi connectivity index (χ2v) is 8.92. The molecule has 8 nitrogen and oxygen atoms in total. The number of carboxylic acids is 1. The first kappa shape index (κ1) is 23.5. The highest BCUT2D eigenvalue weighted by atomic mass is 19.1. The van der Waals surface area contributed by atoms with Gasteiger partial charge in [0.05, 0.1) is 11.6 Å². The van der Waals surface area contributed by atoms with Crippen LogP contribution in [-0.2, 0) is 22.5 Å². The predicted octanol–water partition coefficient (Wildman–Crippen LogP) is 4.85. The third-order valence-corrected chi connectivity index (χ3v) is 6.65. The summed E-state index contributed by atoms with van der Waals surface area (Å²) in [5.74, 6) is -1.75. The summed E-state index contributed by atoms with van der Waals surface area (Å²) in [6, 6.07) is 10.8. The number of carbonyl (C=O) groups is 3. The highest BCUT2D eigenvalue weighted by molar-refractivity contribution is 5.99. The van der Waals surface area contributed by atoms with Crippen LogP contribution in [0.15, 0.2) is 42.5 Å². The number of aliphatic carboxylic acids is 1. The fourth-order valence-corrected chi connectivity index (χ4v) is 4.59. The molecule has 0 saturated heterocycles. The van der Waals surface area contributed by atoms with Gasteiger partial charge in [-0.25, -0.2) is 14.0 Å². The number of rotatable bonds is 5. The lowest BCUT2D eigenvalue weighted by Gasteiger charge is -2.29. The van der Waals surface area contributed by atoms with Crippen LogP contribution in [0.4, 0.5) is 25.4 Å². The lowest BCUT2D eigenvalue weighted by molar-refractivity contribution is -0.142. The van der Waals surface area contributed by atoms with Gasteiger partial charge < -0.3 is 25.4 Å². The second-order valence-electron chi connectivity index (χ2n) is 8.92. The number of ether oxygens (including phenoxy) is 1. The van der Waals surface area contributed by atoms with Gasteiger partial charge in [-0.3, -0.25) is 4.79 Å². The first-order chi connectivity index (χ1) is 16.3. The van der Waals surface area contributed by atoms with Gasteiger partial charge in [-0.15, -0.1) is 0 Å². The van der Waals surface area contributed by atoms with Gasteiger partial charge in [-0.05, 0) is 67.0 Å². The molecule has 3 N–H and O–H groups in total. The number of nitrogens with zero attached hydrogens (tertiary/aromatic N) is 1. The molecule has 1 aliphatic heterocycles. The van der Waals surface area contributed by atoms with Crippen LogP contribution in [0.25, 0.3) is 0 Å². The highest BCUT2D eigenvalue weighted by Gasteiger charge is 2.35. The molecule has 1 aliphatic carbocycles. The van der Waals surface area contributed by atoms with Crippen molar-refractivity contribution in [3.63, 3.8) is 0 Å². The maximum absolute atomic E-state index is 13.7. The fourth-order valence-electron chi connectivity index (χ4n) is 4.59. The molecule has 0 radical (unpaired) electrons. The Bertz CT molecular complexity index is 1090. The van der Waals surface area contributed by atoms with Crippen LogP contribution < -0.4 is 10.6 Å². The lowest BCUT2D eigenvalue weighted by atomic mass is 9.93. The molecular formula is C25H28FN3O5. The van der Waals surface area contributed by atoms with E-state index in [-0.39, 0.29) is 23.8 Å². The van der Waals surface area contributed by atoms with Crippen molar-refractivity contribution in [1.82, 2.24) is 4.90 Å². The maximum Gasteiger partial charge on any atom is 0.410 e. The SMILES string of the molecule is C[C@@H](C(=O)O)[C@H]1CC[C@H](OC(=O)N2CCc3cc(NC(=O)Nc4ccccc4F)ccc3C2)C1. The number of hydrogen-bond donors (Lipinski definition) is 3. The number of amides is 3. The molecule has 0 unspecified atom stereocenters. The number of urea groups is 1. The van der Waals surface area contributed by atoms with E-state index in [1.54, 1.807) is 30.0 Å². The molecule has 1 saturated carbocycles. The molecule has 3 atom stereocenters. The van der Waals surface area contributed by atoms with Crippen molar-refractivity contribution >= 4 is 29.5 Å². The van der Waals surface area contributed by atoms with E-state index in [0.29, 0.717) is 38.0 Å². The van der Waals surface area contributed by atoms with Gasteiger partial charge >= 0.3 is 18.1 Å². The highest BCUT2D eigenvalue weighted by Crippen LogP contribution is 2.34. The summed E-state index contributed by atoms with van der Waals surface area (Å²) in [4.78, 5) is 37.7. The molecule has 2 aliphatic rings. The lowest BCUT2D eigenvalue weighted by Crippen LogP contribution is -2.38. The average molecular weight is 470 g/mol. The third kappa shape index (κ3) is 5.47. The van der Waals surface area contributed by atoms with E-state index in [1.807, 2.05) is 12.1 Å². The van der Waals surface area contributed by atoms with Gasteiger partial charge in [0, 0.05) is 18.8 Å². The molecule has 2 aromatic carbocycles. The number of carboxylic acid groups (broad SMARTS) is 1. The molecule has 2 aromatic rings. The van der Waals surface area contributed by atoms with Crippen molar-refractivity contribution in [2.75, 3.05) is 17.2 Å². The van der Waals surface area contributed by atoms with E-state index >= 15 is 0 Å². The van der Waals surface area contributed by atoms with Crippen LogP contribution in [0.1, 0.15) is 37.3 Å². The van der Waals surface area contributed by atoms with Crippen molar-refractivity contribution in [3.8, 4) is 0 Å². The van der Waals surface area contributed by atoms with Gasteiger partial charge in [0.2, 0.25) is 0 Å². The summed E-state index contributed by atoms with van der Waals surface area (Å²) in [6.45, 7) is 2.58. The number of para-hydroxylation sites is 1. The standard InChI is InChI=1S/C25H28FN3O5/c1-15(23(30)31)16-7-9-20(13-16)34-25(33)29-11-10-17-12-19(8-6-18(17)14-29)27-24(32)28-22-5-3-2-4-21(22)26/h2-6,8,12,15-16,20H,7,9-11,13-14H2,1H3,(H,30,31)(H2,27,28,32)/t15-,16+,20+/m1/s1. The molecule has 1 heterocycles. The smallest absolute Gasteiger partial charge is 0.410 e. The minimum Gasteiger partial charge on any atom is -0.481 e. The van der Waals surface area contributed by atoms with Gasteiger partial charge in [0.1, 0.15) is 11.9 Å².